The predicted molar refractivity (Wildman–Crippen MR) is 96.7 cm³/mol. The topological polar surface area (TPSA) is 75.6 Å². The zero-order valence-electron chi connectivity index (χ0n) is 12.9. The molecule has 0 fully saturated rings. The first-order valence-electron chi connectivity index (χ1n) is 6.51. The number of hydrogen-bond acceptors (Lipinski definition) is 5. The molecule has 0 saturated heterocycles. The minimum Gasteiger partial charge on any atom is -0.469 e. The van der Waals surface area contributed by atoms with Gasteiger partial charge in [-0.05, 0) is 13.8 Å². The van der Waals surface area contributed by atoms with Gasteiger partial charge in [-0.15, -0.1) is 35.3 Å². The van der Waals surface area contributed by atoms with Gasteiger partial charge in [0.1, 0.15) is 0 Å². The van der Waals surface area contributed by atoms with Gasteiger partial charge in [0, 0.05) is 31.4 Å². The molecule has 1 aromatic rings. The van der Waals surface area contributed by atoms with Gasteiger partial charge in [-0.1, -0.05) is 0 Å². The van der Waals surface area contributed by atoms with Crippen LogP contribution >= 0.6 is 35.3 Å². The molecule has 0 spiro atoms. The number of carbonyl (C=O) groups is 1. The van der Waals surface area contributed by atoms with E-state index >= 15 is 0 Å². The van der Waals surface area contributed by atoms with E-state index in [2.05, 4.69) is 32.3 Å². The highest BCUT2D eigenvalue weighted by atomic mass is 127. The summed E-state index contributed by atoms with van der Waals surface area (Å²) in [5.74, 6) is 0.445. The molecule has 6 nitrogen and oxygen atoms in total. The number of nitrogens with zero attached hydrogens (tertiary/aromatic N) is 2. The fourth-order valence-electron chi connectivity index (χ4n) is 1.54. The van der Waals surface area contributed by atoms with Crippen LogP contribution in [-0.2, 0) is 16.0 Å². The maximum absolute atomic E-state index is 11.0. The zero-order valence-corrected chi connectivity index (χ0v) is 16.0. The molecule has 21 heavy (non-hydrogen) atoms. The number of ether oxygens (including phenoxy) is 1. The van der Waals surface area contributed by atoms with Crippen molar-refractivity contribution < 1.29 is 9.53 Å². The predicted octanol–water partition coefficient (Wildman–Crippen LogP) is 1.65. The fraction of sp³-hybridized carbons (Fsp3) is 0.615. The van der Waals surface area contributed by atoms with Crippen LogP contribution < -0.4 is 10.6 Å². The van der Waals surface area contributed by atoms with E-state index in [1.807, 2.05) is 6.92 Å². The Kier molecular flexibility index (Phi) is 10.3. The molecular weight excluding hydrogens is 403 g/mol. The first-order chi connectivity index (χ1) is 9.56. The van der Waals surface area contributed by atoms with Crippen LogP contribution in [-0.4, -0.2) is 44.2 Å². The van der Waals surface area contributed by atoms with Gasteiger partial charge in [0.25, 0.3) is 0 Å². The minimum atomic E-state index is -0.235. The van der Waals surface area contributed by atoms with Crippen LogP contribution in [0.4, 0.5) is 0 Å². The number of carbonyl (C=O) groups excluding carboxylic acids is 1. The summed E-state index contributed by atoms with van der Waals surface area (Å²) in [6, 6.07) is 0. The van der Waals surface area contributed by atoms with Crippen molar-refractivity contribution in [1.29, 1.82) is 0 Å². The van der Waals surface area contributed by atoms with E-state index in [-0.39, 0.29) is 29.9 Å². The lowest BCUT2D eigenvalue weighted by Crippen LogP contribution is -2.39. The summed E-state index contributed by atoms with van der Waals surface area (Å²) in [6.45, 7) is 5.36. The molecule has 0 aliphatic heterocycles. The second-order valence-electron chi connectivity index (χ2n) is 4.25. The van der Waals surface area contributed by atoms with Crippen molar-refractivity contribution in [2.24, 2.45) is 4.99 Å². The number of thiazole rings is 1. The SMILES string of the molecule is CN=C(NCCC(=O)OC)NCCc1nc(C)c(C)s1.I. The molecule has 8 heteroatoms. The first kappa shape index (κ1) is 20.1. The van der Waals surface area contributed by atoms with Crippen LogP contribution in [0, 0.1) is 13.8 Å². The Morgan fingerprint density at radius 2 is 2.00 bits per heavy atom. The molecule has 0 atom stereocenters. The Bertz CT molecular complexity index is 457. The van der Waals surface area contributed by atoms with Gasteiger partial charge in [0.05, 0.1) is 24.2 Å². The summed E-state index contributed by atoms with van der Waals surface area (Å²) in [7, 11) is 3.08. The van der Waals surface area contributed by atoms with E-state index in [9.17, 15) is 4.79 Å². The summed E-state index contributed by atoms with van der Waals surface area (Å²) in [6.07, 6.45) is 1.18. The summed E-state index contributed by atoms with van der Waals surface area (Å²) in [5.41, 5.74) is 1.10. The summed E-state index contributed by atoms with van der Waals surface area (Å²) in [4.78, 5) is 20.8. The number of aliphatic imine (C=N–C) groups is 1. The molecule has 0 aromatic carbocycles. The third-order valence-corrected chi connectivity index (χ3v) is 3.91. The van der Waals surface area contributed by atoms with Crippen molar-refractivity contribution in [3.8, 4) is 0 Å². The van der Waals surface area contributed by atoms with Gasteiger partial charge >= 0.3 is 5.97 Å². The lowest BCUT2D eigenvalue weighted by atomic mass is 10.4. The molecule has 0 unspecified atom stereocenters. The van der Waals surface area contributed by atoms with E-state index in [1.165, 1.54) is 12.0 Å². The standard InChI is InChI=1S/C13H22N4O2S.HI/c1-9-10(2)20-11(17-9)5-7-15-13(14-3)16-8-6-12(18)19-4;/h5-8H2,1-4H3,(H2,14,15,16);1H. The molecule has 2 N–H and O–H groups in total. The highest BCUT2D eigenvalue weighted by Gasteiger charge is 2.05. The lowest BCUT2D eigenvalue weighted by molar-refractivity contribution is -0.140. The number of rotatable bonds is 6. The van der Waals surface area contributed by atoms with Crippen molar-refractivity contribution in [1.82, 2.24) is 15.6 Å². The molecule has 1 aromatic heterocycles. The van der Waals surface area contributed by atoms with E-state index in [0.717, 1.165) is 23.7 Å². The molecule has 0 radical (unpaired) electrons. The van der Waals surface area contributed by atoms with Gasteiger partial charge in [-0.3, -0.25) is 9.79 Å². The Balaban J connectivity index is 0.00000400. The third kappa shape index (κ3) is 7.60. The largest absolute Gasteiger partial charge is 0.469 e. The van der Waals surface area contributed by atoms with Gasteiger partial charge in [0.2, 0.25) is 0 Å². The number of esters is 1. The first-order valence-corrected chi connectivity index (χ1v) is 7.32. The van der Waals surface area contributed by atoms with Gasteiger partial charge in [-0.25, -0.2) is 4.98 Å². The van der Waals surface area contributed by atoms with E-state index in [4.69, 9.17) is 0 Å². The molecule has 120 valence electrons. The summed E-state index contributed by atoms with van der Waals surface area (Å²) < 4.78 is 4.57. The minimum absolute atomic E-state index is 0. The number of methoxy groups -OCH3 is 1. The van der Waals surface area contributed by atoms with E-state index in [0.29, 0.717) is 18.9 Å². The van der Waals surface area contributed by atoms with Crippen LogP contribution in [0.15, 0.2) is 4.99 Å². The number of aromatic nitrogens is 1. The van der Waals surface area contributed by atoms with Crippen LogP contribution in [0.5, 0.6) is 0 Å². The van der Waals surface area contributed by atoms with Crippen LogP contribution in [0.1, 0.15) is 22.0 Å². The van der Waals surface area contributed by atoms with Crippen LogP contribution in [0.3, 0.4) is 0 Å². The smallest absolute Gasteiger partial charge is 0.307 e. The fourth-order valence-corrected chi connectivity index (χ4v) is 2.47. The number of aryl methyl sites for hydroxylation is 2. The van der Waals surface area contributed by atoms with Crippen LogP contribution in [0.2, 0.25) is 0 Å². The van der Waals surface area contributed by atoms with Gasteiger partial charge in [-0.2, -0.15) is 0 Å². The maximum Gasteiger partial charge on any atom is 0.307 e. The van der Waals surface area contributed by atoms with E-state index in [1.54, 1.807) is 18.4 Å². The number of guanidine groups is 1. The molecule has 0 bridgehead atoms. The highest BCUT2D eigenvalue weighted by molar-refractivity contribution is 14.0. The van der Waals surface area contributed by atoms with E-state index < -0.39 is 0 Å². The normalized spacial score (nSPS) is 10.8. The molecule has 0 amide bonds. The molecule has 0 aliphatic carbocycles. The Labute approximate surface area is 146 Å². The zero-order chi connectivity index (χ0) is 15.0. The molecule has 0 saturated carbocycles. The highest BCUT2D eigenvalue weighted by Crippen LogP contribution is 2.16. The summed E-state index contributed by atoms with van der Waals surface area (Å²) >= 11 is 1.73. The molecule has 1 heterocycles. The van der Waals surface area contributed by atoms with Crippen molar-refractivity contribution >= 4 is 47.2 Å². The Morgan fingerprint density at radius 3 is 2.52 bits per heavy atom. The van der Waals surface area contributed by atoms with Crippen LogP contribution in [0.25, 0.3) is 0 Å². The van der Waals surface area contributed by atoms with Gasteiger partial charge < -0.3 is 15.4 Å². The maximum atomic E-state index is 11.0. The summed E-state index contributed by atoms with van der Waals surface area (Å²) in [5, 5.41) is 7.37. The lowest BCUT2D eigenvalue weighted by Gasteiger charge is -2.10. The Morgan fingerprint density at radius 1 is 1.33 bits per heavy atom. The van der Waals surface area contributed by atoms with Crippen molar-refractivity contribution in [3.05, 3.63) is 15.6 Å². The van der Waals surface area contributed by atoms with Gasteiger partial charge in [0.15, 0.2) is 5.96 Å². The number of hydrogen-bond donors (Lipinski definition) is 2. The Hall–Kier alpha value is -0.900. The average Bonchev–Trinajstić information content (AvgIpc) is 2.75. The van der Waals surface area contributed by atoms with Crippen molar-refractivity contribution in [3.63, 3.8) is 0 Å². The quantitative estimate of drug-likeness (QED) is 0.313. The molecule has 0 aliphatic rings. The third-order valence-electron chi connectivity index (χ3n) is 2.78. The molecule has 1 rings (SSSR count). The molecular formula is C13H23IN4O2S. The van der Waals surface area contributed by atoms with Crippen molar-refractivity contribution in [2.75, 3.05) is 27.2 Å². The second kappa shape index (κ2) is 10.8. The average molecular weight is 426 g/mol. The monoisotopic (exact) mass is 426 g/mol. The number of nitrogens with one attached hydrogen (secondary N) is 2. The van der Waals surface area contributed by atoms with Crippen molar-refractivity contribution in [2.45, 2.75) is 26.7 Å². The second-order valence-corrected chi connectivity index (χ2v) is 5.54. The number of halogens is 1.